The average molecular weight is 631 g/mol. The molecule has 43 heavy (non-hydrogen) atoms. The van der Waals surface area contributed by atoms with E-state index in [-0.39, 0.29) is 71.2 Å². The number of hydrogen-bond acceptors (Lipinski definition) is 9. The summed E-state index contributed by atoms with van der Waals surface area (Å²) in [5.41, 5.74) is 6.07. The van der Waals surface area contributed by atoms with Crippen LogP contribution in [0.15, 0.2) is 63.9 Å². The van der Waals surface area contributed by atoms with Crippen molar-refractivity contribution in [2.75, 3.05) is 23.7 Å². The number of ether oxygens (including phenoxy) is 1. The number of halogens is 1. The number of benzene rings is 2. The number of carbonyl (C=O) groups is 2. The molecule has 0 saturated carbocycles. The first kappa shape index (κ1) is 30.1. The maximum Gasteiger partial charge on any atom is 0.412 e. The van der Waals surface area contributed by atoms with Crippen molar-refractivity contribution in [3.63, 3.8) is 0 Å². The third kappa shape index (κ3) is 5.83. The molecule has 226 valence electrons. The van der Waals surface area contributed by atoms with Crippen LogP contribution in [-0.2, 0) is 37.7 Å². The van der Waals surface area contributed by atoms with E-state index in [1.165, 1.54) is 28.6 Å². The number of nitrogens with zero attached hydrogens (tertiary/aromatic N) is 3. The van der Waals surface area contributed by atoms with Crippen LogP contribution in [0.25, 0.3) is 22.4 Å². The Morgan fingerprint density at radius 2 is 1.86 bits per heavy atom. The molecule has 2 N–H and O–H groups in total. The Morgan fingerprint density at radius 1 is 1.16 bits per heavy atom. The molecule has 0 saturated heterocycles. The molecule has 2 aromatic heterocycles. The molecule has 1 aliphatic rings. The predicted octanol–water partition coefficient (Wildman–Crippen LogP) is 3.79. The van der Waals surface area contributed by atoms with Crippen LogP contribution in [0.4, 0.5) is 15.0 Å². The topological polar surface area (TPSA) is 170 Å². The summed E-state index contributed by atoms with van der Waals surface area (Å²) in [5, 5.41) is 0.126. The first-order chi connectivity index (χ1) is 20.3. The number of amides is 1. The molecule has 0 fully saturated rings. The van der Waals surface area contributed by atoms with E-state index >= 15 is 0 Å². The summed E-state index contributed by atoms with van der Waals surface area (Å²) in [7, 11) is -7.62. The molecule has 15 heteroatoms. The van der Waals surface area contributed by atoms with Crippen molar-refractivity contribution in [1.29, 1.82) is 0 Å². The van der Waals surface area contributed by atoms with Crippen LogP contribution < -0.4 is 10.0 Å². The Hall–Kier alpha value is -4.34. The summed E-state index contributed by atoms with van der Waals surface area (Å²) in [5.74, 6) is -1.73. The molecule has 0 aliphatic carbocycles. The van der Waals surface area contributed by atoms with Gasteiger partial charge in [-0.15, -0.1) is 0 Å². The fourth-order valence-corrected chi connectivity index (χ4v) is 7.60. The van der Waals surface area contributed by atoms with E-state index in [2.05, 4.69) is 9.72 Å². The number of pyridine rings is 1. The number of anilines is 1. The number of aromatic nitrogens is 1. The lowest BCUT2D eigenvalue weighted by atomic mass is 10.0. The summed E-state index contributed by atoms with van der Waals surface area (Å²) in [6.07, 6.45) is 0.0820. The van der Waals surface area contributed by atoms with Gasteiger partial charge in [0.25, 0.3) is 0 Å². The standard InChI is InChI=1S/C28H27FN4O8S2/c1-3-17-15-21-23(27(34)41-28(30)35)24(18-9-11-20(29)12-10-18)40-26(21)31-25(17)33(42(2,36)37)14-6-13-32-16-19-7-4-5-8-22(19)43(32,38)39/h4-5,7-12,15H,3,6,13-14,16H2,1-2H3,(H2,30,35). The zero-order chi connectivity index (χ0) is 31.1. The second-order valence-electron chi connectivity index (χ2n) is 9.83. The lowest BCUT2D eigenvalue weighted by Gasteiger charge is -2.24. The highest BCUT2D eigenvalue weighted by Gasteiger charge is 2.34. The third-order valence-corrected chi connectivity index (χ3v) is 10.1. The molecule has 5 rings (SSSR count). The van der Waals surface area contributed by atoms with E-state index < -0.39 is 37.9 Å². The SMILES string of the molecule is CCc1cc2c(C(=O)OC(N)=O)c(-c3ccc(F)cc3)oc2nc1N(CCCN1Cc2ccccc2S1(=O)=O)S(C)(=O)=O. The van der Waals surface area contributed by atoms with E-state index in [0.29, 0.717) is 11.1 Å². The summed E-state index contributed by atoms with van der Waals surface area (Å²) >= 11 is 0. The Morgan fingerprint density at radius 3 is 2.49 bits per heavy atom. The van der Waals surface area contributed by atoms with Gasteiger partial charge in [-0.2, -0.15) is 9.29 Å². The fraction of sp³-hybridized carbons (Fsp3) is 0.250. The molecular formula is C28H27FN4O8S2. The van der Waals surface area contributed by atoms with E-state index in [1.54, 1.807) is 25.1 Å². The van der Waals surface area contributed by atoms with Gasteiger partial charge in [-0.05, 0) is 60.4 Å². The molecule has 0 bridgehead atoms. The van der Waals surface area contributed by atoms with Crippen molar-refractivity contribution < 1.29 is 40.0 Å². The van der Waals surface area contributed by atoms with Crippen molar-refractivity contribution in [1.82, 2.24) is 9.29 Å². The molecule has 0 atom stereocenters. The maximum atomic E-state index is 13.6. The van der Waals surface area contributed by atoms with Gasteiger partial charge in [-0.1, -0.05) is 25.1 Å². The number of nitrogens with two attached hydrogens (primary N) is 1. The smallest absolute Gasteiger partial charge is 0.412 e. The molecule has 3 heterocycles. The van der Waals surface area contributed by atoms with Gasteiger partial charge in [0, 0.05) is 25.2 Å². The van der Waals surface area contributed by atoms with E-state index in [0.717, 1.165) is 22.7 Å². The predicted molar refractivity (Wildman–Crippen MR) is 155 cm³/mol. The summed E-state index contributed by atoms with van der Waals surface area (Å²) in [6, 6.07) is 13.2. The van der Waals surface area contributed by atoms with Crippen LogP contribution in [0.3, 0.4) is 0 Å². The molecule has 2 aromatic carbocycles. The zero-order valence-corrected chi connectivity index (χ0v) is 24.7. The monoisotopic (exact) mass is 630 g/mol. The summed E-state index contributed by atoms with van der Waals surface area (Å²) in [4.78, 5) is 29.0. The average Bonchev–Trinajstić information content (AvgIpc) is 3.43. The van der Waals surface area contributed by atoms with Gasteiger partial charge in [0.15, 0.2) is 5.76 Å². The second-order valence-corrected chi connectivity index (χ2v) is 13.6. The Labute approximate surface area is 247 Å². The highest BCUT2D eigenvalue weighted by molar-refractivity contribution is 7.92. The van der Waals surface area contributed by atoms with Gasteiger partial charge in [0.1, 0.15) is 17.2 Å². The highest BCUT2D eigenvalue weighted by Crippen LogP contribution is 2.37. The lowest BCUT2D eigenvalue weighted by Crippen LogP contribution is -2.35. The van der Waals surface area contributed by atoms with Gasteiger partial charge >= 0.3 is 12.1 Å². The van der Waals surface area contributed by atoms with Crippen LogP contribution in [0.2, 0.25) is 0 Å². The largest absolute Gasteiger partial charge is 0.437 e. The number of rotatable bonds is 9. The van der Waals surface area contributed by atoms with E-state index in [4.69, 9.17) is 10.2 Å². The minimum atomic E-state index is -3.92. The van der Waals surface area contributed by atoms with Gasteiger partial charge in [0.05, 0.1) is 16.5 Å². The van der Waals surface area contributed by atoms with Gasteiger partial charge < -0.3 is 14.9 Å². The minimum absolute atomic E-state index is 0.0271. The normalized spacial score (nSPS) is 14.5. The number of esters is 1. The Bertz CT molecular complexity index is 1960. The molecular weight excluding hydrogens is 603 g/mol. The Kier molecular flexibility index (Phi) is 7.98. The molecule has 1 aliphatic heterocycles. The summed E-state index contributed by atoms with van der Waals surface area (Å²) in [6.45, 7) is 1.90. The molecule has 0 spiro atoms. The number of fused-ring (bicyclic) bond motifs is 2. The van der Waals surface area contributed by atoms with Crippen molar-refractivity contribution in [2.24, 2.45) is 5.73 Å². The van der Waals surface area contributed by atoms with Gasteiger partial charge in [-0.25, -0.2) is 30.8 Å². The number of aryl methyl sites for hydroxylation is 1. The lowest BCUT2D eigenvalue weighted by molar-refractivity contribution is 0.0640. The first-order valence-electron chi connectivity index (χ1n) is 13.1. The quantitative estimate of drug-likeness (QED) is 0.213. The number of carbonyl (C=O) groups excluding carboxylic acids is 2. The van der Waals surface area contributed by atoms with E-state index in [1.807, 2.05) is 0 Å². The number of hydrogen-bond donors (Lipinski definition) is 1. The maximum absolute atomic E-state index is 13.6. The fourth-order valence-electron chi connectivity index (χ4n) is 5.00. The number of furan rings is 1. The molecule has 4 aromatic rings. The van der Waals surface area contributed by atoms with Crippen molar-refractivity contribution in [2.45, 2.75) is 31.2 Å². The van der Waals surface area contributed by atoms with Crippen molar-refractivity contribution in [3.05, 3.63) is 77.1 Å². The van der Waals surface area contributed by atoms with Crippen LogP contribution >= 0.6 is 0 Å². The van der Waals surface area contributed by atoms with Crippen molar-refractivity contribution >= 4 is 49.0 Å². The Balaban J connectivity index is 1.53. The van der Waals surface area contributed by atoms with Crippen LogP contribution in [0, 0.1) is 5.82 Å². The second kappa shape index (κ2) is 11.4. The molecule has 1 amide bonds. The van der Waals surface area contributed by atoms with E-state index in [9.17, 15) is 30.8 Å². The van der Waals surface area contributed by atoms with Gasteiger partial charge in [-0.3, -0.25) is 4.31 Å². The van der Waals surface area contributed by atoms with Crippen molar-refractivity contribution in [3.8, 4) is 11.3 Å². The molecule has 0 radical (unpaired) electrons. The molecule has 0 unspecified atom stereocenters. The summed E-state index contributed by atoms with van der Waals surface area (Å²) < 4.78 is 78.3. The van der Waals surface area contributed by atoms with Crippen LogP contribution in [0.1, 0.15) is 34.8 Å². The third-order valence-electron chi connectivity index (χ3n) is 6.97. The number of sulfonamides is 2. The molecule has 12 nitrogen and oxygen atoms in total. The highest BCUT2D eigenvalue weighted by atomic mass is 32.2. The van der Waals surface area contributed by atoms with Crippen LogP contribution in [-0.4, -0.2) is 57.5 Å². The first-order valence-corrected chi connectivity index (χ1v) is 16.4. The zero-order valence-electron chi connectivity index (χ0n) is 23.1. The minimum Gasteiger partial charge on any atom is -0.437 e. The number of primary amides is 1. The van der Waals surface area contributed by atoms with Gasteiger partial charge in [0.2, 0.25) is 25.8 Å². The van der Waals surface area contributed by atoms with Crippen LogP contribution in [0.5, 0.6) is 0 Å².